The number of benzene rings is 8. The van der Waals surface area contributed by atoms with Crippen molar-refractivity contribution in [2.24, 2.45) is 0 Å². The number of hydrogen-bond acceptors (Lipinski definition) is 4. The van der Waals surface area contributed by atoms with Crippen molar-refractivity contribution < 1.29 is 4.42 Å². The van der Waals surface area contributed by atoms with Crippen LogP contribution < -0.4 is 0 Å². The van der Waals surface area contributed by atoms with Gasteiger partial charge < -0.3 is 4.42 Å². The van der Waals surface area contributed by atoms with Gasteiger partial charge in [0, 0.05) is 33.6 Å². The molecule has 2 unspecified atom stereocenters. The maximum Gasteiger partial charge on any atom is 0.164 e. The Hall–Kier alpha value is -7.43. The van der Waals surface area contributed by atoms with Crippen LogP contribution in [0.3, 0.4) is 0 Å². The quantitative estimate of drug-likeness (QED) is 0.159. The minimum Gasteiger partial charge on any atom is -0.456 e. The Balaban J connectivity index is 0.898. The first-order valence-corrected chi connectivity index (χ1v) is 19.9. The van der Waals surface area contributed by atoms with Gasteiger partial charge in [-0.15, -0.1) is 0 Å². The molecule has 10 aromatic rings. The van der Waals surface area contributed by atoms with Crippen LogP contribution in [0.2, 0.25) is 0 Å². The molecule has 58 heavy (non-hydrogen) atoms. The molecule has 0 bridgehead atoms. The standard InChI is InChI=1S/C54H37N3O/c1-34-43(31-32-50-51(34)47-17-9-10-18-49(47)58-50)37-23-19-35(20-24-37)36-21-27-40(28-22-36)53-55-52(39-11-3-2-4-12-39)56-54(57-53)41-29-25-38(26-30-41)48-33-42-13-5-6-14-44(42)45-15-7-8-16-46(45)48/h2-34,43H,1H3. The predicted octanol–water partition coefficient (Wildman–Crippen LogP) is 14.2. The van der Waals surface area contributed by atoms with Crippen LogP contribution in [0.4, 0.5) is 0 Å². The number of fused-ring (bicyclic) bond motifs is 6. The molecule has 2 aromatic heterocycles. The van der Waals surface area contributed by atoms with Gasteiger partial charge >= 0.3 is 0 Å². The third-order valence-corrected chi connectivity index (χ3v) is 11.8. The van der Waals surface area contributed by atoms with E-state index in [0.29, 0.717) is 23.4 Å². The second-order valence-corrected chi connectivity index (χ2v) is 15.2. The average Bonchev–Trinajstić information content (AvgIpc) is 3.69. The molecule has 0 fully saturated rings. The van der Waals surface area contributed by atoms with Crippen LogP contribution in [0, 0.1) is 0 Å². The highest BCUT2D eigenvalue weighted by Gasteiger charge is 2.28. The van der Waals surface area contributed by atoms with Gasteiger partial charge in [-0.3, -0.25) is 0 Å². The Kier molecular flexibility index (Phi) is 8.14. The van der Waals surface area contributed by atoms with Crippen LogP contribution in [0.1, 0.15) is 35.6 Å². The molecule has 0 N–H and O–H groups in total. The molecule has 2 heterocycles. The molecule has 0 amide bonds. The molecule has 1 aliphatic carbocycles. The van der Waals surface area contributed by atoms with Crippen molar-refractivity contribution in [3.8, 4) is 56.4 Å². The van der Waals surface area contributed by atoms with E-state index in [9.17, 15) is 0 Å². The van der Waals surface area contributed by atoms with Crippen molar-refractivity contribution in [2.45, 2.75) is 18.8 Å². The Morgan fingerprint density at radius 3 is 1.60 bits per heavy atom. The molecule has 1 aliphatic rings. The zero-order chi connectivity index (χ0) is 38.6. The number of allylic oxidation sites excluding steroid dienone is 1. The van der Waals surface area contributed by atoms with E-state index in [0.717, 1.165) is 44.7 Å². The minimum absolute atomic E-state index is 0.275. The summed E-state index contributed by atoms with van der Waals surface area (Å²) >= 11 is 0. The third kappa shape index (κ3) is 5.89. The molecule has 4 nitrogen and oxygen atoms in total. The molecule has 0 spiro atoms. The van der Waals surface area contributed by atoms with E-state index in [1.165, 1.54) is 43.6 Å². The fourth-order valence-corrected chi connectivity index (χ4v) is 8.77. The lowest BCUT2D eigenvalue weighted by Crippen LogP contribution is -2.10. The van der Waals surface area contributed by atoms with E-state index in [2.05, 4.69) is 165 Å². The second kappa shape index (κ2) is 13.9. The van der Waals surface area contributed by atoms with Crippen molar-refractivity contribution in [2.75, 3.05) is 0 Å². The first kappa shape index (κ1) is 33.9. The van der Waals surface area contributed by atoms with Gasteiger partial charge in [0.05, 0.1) is 0 Å². The number of furan rings is 1. The number of nitrogens with zero attached hydrogens (tertiary/aromatic N) is 3. The molecule has 0 saturated heterocycles. The highest BCUT2D eigenvalue weighted by Crippen LogP contribution is 2.45. The van der Waals surface area contributed by atoms with Crippen LogP contribution in [0.15, 0.2) is 192 Å². The minimum atomic E-state index is 0.275. The van der Waals surface area contributed by atoms with Crippen molar-refractivity contribution in [3.05, 3.63) is 205 Å². The van der Waals surface area contributed by atoms with Gasteiger partial charge in [-0.1, -0.05) is 183 Å². The summed E-state index contributed by atoms with van der Waals surface area (Å²) < 4.78 is 6.16. The largest absolute Gasteiger partial charge is 0.456 e. The van der Waals surface area contributed by atoms with E-state index in [-0.39, 0.29) is 5.92 Å². The SMILES string of the molecule is CC1c2c(oc3ccccc23)C=CC1c1ccc(-c2ccc(-c3nc(-c4ccccc4)nc(-c4ccc(-c5cc6ccccc6c6ccccc56)cc4)n3)cc2)cc1. The van der Waals surface area contributed by atoms with Gasteiger partial charge in [0.2, 0.25) is 0 Å². The first-order valence-electron chi connectivity index (χ1n) is 19.9. The molecule has 11 rings (SSSR count). The number of rotatable bonds is 6. The Labute approximate surface area is 336 Å². The highest BCUT2D eigenvalue weighted by molar-refractivity contribution is 6.13. The maximum absolute atomic E-state index is 6.16. The summed E-state index contributed by atoms with van der Waals surface area (Å²) in [5.74, 6) is 3.48. The van der Waals surface area contributed by atoms with E-state index in [1.54, 1.807) is 0 Å². The fraction of sp³-hybridized carbons (Fsp3) is 0.0556. The van der Waals surface area contributed by atoms with Crippen LogP contribution >= 0.6 is 0 Å². The topological polar surface area (TPSA) is 51.8 Å². The van der Waals surface area contributed by atoms with Crippen LogP contribution in [-0.4, -0.2) is 15.0 Å². The fourth-order valence-electron chi connectivity index (χ4n) is 8.77. The van der Waals surface area contributed by atoms with Crippen molar-refractivity contribution in [3.63, 3.8) is 0 Å². The van der Waals surface area contributed by atoms with Crippen molar-refractivity contribution in [1.29, 1.82) is 0 Å². The Morgan fingerprint density at radius 1 is 0.431 bits per heavy atom. The predicted molar refractivity (Wildman–Crippen MR) is 238 cm³/mol. The summed E-state index contributed by atoms with van der Waals surface area (Å²) in [5.41, 5.74) is 11.0. The van der Waals surface area contributed by atoms with E-state index in [1.807, 2.05) is 36.4 Å². The van der Waals surface area contributed by atoms with Gasteiger partial charge in [-0.25, -0.2) is 15.0 Å². The Morgan fingerprint density at radius 2 is 0.931 bits per heavy atom. The first-order chi connectivity index (χ1) is 28.6. The second-order valence-electron chi connectivity index (χ2n) is 15.2. The average molecular weight is 744 g/mol. The number of aromatic nitrogens is 3. The van der Waals surface area contributed by atoms with E-state index >= 15 is 0 Å². The lowest BCUT2D eigenvalue weighted by Gasteiger charge is -2.25. The Bertz CT molecular complexity index is 3160. The number of hydrogen-bond donors (Lipinski definition) is 0. The summed E-state index contributed by atoms with van der Waals surface area (Å²) in [5, 5.41) is 6.20. The van der Waals surface area contributed by atoms with E-state index in [4.69, 9.17) is 19.4 Å². The molecular formula is C54H37N3O. The van der Waals surface area contributed by atoms with Crippen molar-refractivity contribution >= 4 is 38.6 Å². The maximum atomic E-state index is 6.16. The molecule has 0 saturated carbocycles. The van der Waals surface area contributed by atoms with E-state index < -0.39 is 0 Å². The molecule has 0 radical (unpaired) electrons. The molecule has 2 atom stereocenters. The third-order valence-electron chi connectivity index (χ3n) is 11.8. The zero-order valence-corrected chi connectivity index (χ0v) is 31.9. The van der Waals surface area contributed by atoms with Crippen LogP contribution in [0.5, 0.6) is 0 Å². The lowest BCUT2D eigenvalue weighted by atomic mass is 9.78. The molecule has 8 aromatic carbocycles. The normalized spacial score (nSPS) is 14.9. The van der Waals surface area contributed by atoms with Gasteiger partial charge in [0.25, 0.3) is 0 Å². The molecule has 4 heteroatoms. The number of para-hydroxylation sites is 1. The van der Waals surface area contributed by atoms with Gasteiger partial charge in [0.15, 0.2) is 17.5 Å². The monoisotopic (exact) mass is 743 g/mol. The summed E-state index contributed by atoms with van der Waals surface area (Å²) in [7, 11) is 0. The van der Waals surface area contributed by atoms with Crippen molar-refractivity contribution in [1.82, 2.24) is 15.0 Å². The van der Waals surface area contributed by atoms with Crippen LogP contribution in [-0.2, 0) is 0 Å². The molecular weight excluding hydrogens is 707 g/mol. The zero-order valence-electron chi connectivity index (χ0n) is 31.9. The lowest BCUT2D eigenvalue weighted by molar-refractivity contribution is 0.573. The highest BCUT2D eigenvalue weighted by atomic mass is 16.3. The summed E-state index contributed by atoms with van der Waals surface area (Å²) in [6.45, 7) is 2.31. The van der Waals surface area contributed by atoms with Gasteiger partial charge in [-0.05, 0) is 73.5 Å². The van der Waals surface area contributed by atoms with Crippen LogP contribution in [0.25, 0.3) is 95.0 Å². The smallest absolute Gasteiger partial charge is 0.164 e. The molecule has 0 aliphatic heterocycles. The molecule has 274 valence electrons. The van der Waals surface area contributed by atoms with Gasteiger partial charge in [-0.2, -0.15) is 0 Å². The summed E-state index contributed by atoms with van der Waals surface area (Å²) in [6.07, 6.45) is 4.43. The summed E-state index contributed by atoms with van der Waals surface area (Å²) in [6, 6.07) is 64.2. The summed E-state index contributed by atoms with van der Waals surface area (Å²) in [4.78, 5) is 15.1. The van der Waals surface area contributed by atoms with Gasteiger partial charge in [0.1, 0.15) is 11.3 Å².